The number of halogens is 3. The van der Waals surface area contributed by atoms with Gasteiger partial charge in [-0.3, -0.25) is 0 Å². The maximum atomic E-state index is 12.4. The van der Waals surface area contributed by atoms with Crippen LogP contribution < -0.4 is 15.4 Å². The molecule has 0 aliphatic rings. The normalized spacial score (nSPS) is 12.6. The number of aromatic nitrogens is 1. The van der Waals surface area contributed by atoms with Crippen molar-refractivity contribution < 1.29 is 23.0 Å². The fraction of sp³-hybridized carbons (Fsp3) is 0.353. The van der Waals surface area contributed by atoms with Crippen LogP contribution in [-0.4, -0.2) is 42.4 Å². The Hall–Kier alpha value is -2.32. The molecule has 136 valence electrons. The van der Waals surface area contributed by atoms with Crippen molar-refractivity contribution in [3.8, 4) is 5.75 Å². The largest absolute Gasteiger partial charge is 0.491 e. The van der Waals surface area contributed by atoms with Gasteiger partial charge in [0, 0.05) is 25.8 Å². The second-order valence-corrected chi connectivity index (χ2v) is 5.34. The Kier molecular flexibility index (Phi) is 7.03. The first-order valence-corrected chi connectivity index (χ1v) is 7.79. The number of aliphatic hydroxyl groups is 1. The Bertz CT molecular complexity index is 621. The number of rotatable bonds is 9. The molecule has 2 aromatic rings. The standard InChI is InChI=1S/C17H20F3N3O2/c18-17(19,20)13-6-7-16(23-10-13)22-9-8-21-11-14(24)12-25-15-4-2-1-3-5-15/h1-7,10,14,21,24H,8-9,11-12H2,(H,22,23)/t14-/m0/s1. The quantitative estimate of drug-likeness (QED) is 0.603. The first-order valence-electron chi connectivity index (χ1n) is 7.79. The van der Waals surface area contributed by atoms with Gasteiger partial charge in [-0.25, -0.2) is 4.98 Å². The lowest BCUT2D eigenvalue weighted by Gasteiger charge is -2.13. The SMILES string of the molecule is O[C@@H](CNCCNc1ccc(C(F)(F)F)cn1)COc1ccccc1. The second kappa shape index (κ2) is 9.24. The molecule has 5 nitrogen and oxygen atoms in total. The highest BCUT2D eigenvalue weighted by molar-refractivity contribution is 5.36. The topological polar surface area (TPSA) is 66.4 Å². The average molecular weight is 355 g/mol. The average Bonchev–Trinajstić information content (AvgIpc) is 2.60. The highest BCUT2D eigenvalue weighted by Crippen LogP contribution is 2.28. The number of para-hydroxylation sites is 1. The third kappa shape index (κ3) is 6.98. The van der Waals surface area contributed by atoms with Crippen LogP contribution in [0.25, 0.3) is 0 Å². The molecule has 1 aromatic carbocycles. The van der Waals surface area contributed by atoms with E-state index in [9.17, 15) is 18.3 Å². The van der Waals surface area contributed by atoms with E-state index in [1.165, 1.54) is 6.07 Å². The van der Waals surface area contributed by atoms with Gasteiger partial charge < -0.3 is 20.5 Å². The van der Waals surface area contributed by atoms with E-state index >= 15 is 0 Å². The zero-order valence-electron chi connectivity index (χ0n) is 13.5. The minimum atomic E-state index is -4.38. The molecule has 0 bridgehead atoms. The van der Waals surface area contributed by atoms with Gasteiger partial charge in [0.05, 0.1) is 5.56 Å². The number of anilines is 1. The zero-order chi connectivity index (χ0) is 18.1. The number of pyridine rings is 1. The molecule has 0 saturated heterocycles. The van der Waals surface area contributed by atoms with Crippen molar-refractivity contribution in [3.05, 3.63) is 54.2 Å². The molecule has 0 saturated carbocycles. The van der Waals surface area contributed by atoms with Crippen LogP contribution in [0.4, 0.5) is 19.0 Å². The van der Waals surface area contributed by atoms with Gasteiger partial charge in [-0.1, -0.05) is 18.2 Å². The molecule has 8 heteroatoms. The molecule has 0 spiro atoms. The minimum Gasteiger partial charge on any atom is -0.491 e. The highest BCUT2D eigenvalue weighted by atomic mass is 19.4. The number of hydrogen-bond acceptors (Lipinski definition) is 5. The number of nitrogens with one attached hydrogen (secondary N) is 2. The first-order chi connectivity index (χ1) is 11.9. The Morgan fingerprint density at radius 3 is 2.48 bits per heavy atom. The van der Waals surface area contributed by atoms with Crippen LogP contribution in [0.1, 0.15) is 5.56 Å². The monoisotopic (exact) mass is 355 g/mol. The van der Waals surface area contributed by atoms with Crippen LogP contribution in [0.3, 0.4) is 0 Å². The summed E-state index contributed by atoms with van der Waals surface area (Å²) in [7, 11) is 0. The van der Waals surface area contributed by atoms with E-state index in [2.05, 4.69) is 15.6 Å². The van der Waals surface area contributed by atoms with Gasteiger partial charge in [0.15, 0.2) is 0 Å². The van der Waals surface area contributed by atoms with Crippen molar-refractivity contribution in [2.45, 2.75) is 12.3 Å². The smallest absolute Gasteiger partial charge is 0.417 e. The third-order valence-electron chi connectivity index (χ3n) is 3.26. The van der Waals surface area contributed by atoms with Crippen LogP contribution in [0.5, 0.6) is 5.75 Å². The van der Waals surface area contributed by atoms with Crippen molar-refractivity contribution in [2.75, 3.05) is 31.6 Å². The van der Waals surface area contributed by atoms with E-state index < -0.39 is 17.8 Å². The van der Waals surface area contributed by atoms with E-state index in [0.717, 1.165) is 12.3 Å². The summed E-state index contributed by atoms with van der Waals surface area (Å²) < 4.78 is 42.7. The van der Waals surface area contributed by atoms with Crippen LogP contribution in [0.15, 0.2) is 48.7 Å². The molecule has 0 radical (unpaired) electrons. The van der Waals surface area contributed by atoms with Crippen molar-refractivity contribution >= 4 is 5.82 Å². The van der Waals surface area contributed by atoms with Gasteiger partial charge in [-0.15, -0.1) is 0 Å². The Morgan fingerprint density at radius 2 is 1.84 bits per heavy atom. The Morgan fingerprint density at radius 1 is 1.08 bits per heavy atom. The van der Waals surface area contributed by atoms with Gasteiger partial charge in [0.1, 0.15) is 24.3 Å². The maximum absolute atomic E-state index is 12.4. The van der Waals surface area contributed by atoms with Crippen LogP contribution in [0.2, 0.25) is 0 Å². The molecule has 0 unspecified atom stereocenters. The fourth-order valence-corrected chi connectivity index (χ4v) is 1.98. The van der Waals surface area contributed by atoms with E-state index in [-0.39, 0.29) is 6.61 Å². The summed E-state index contributed by atoms with van der Waals surface area (Å²) in [4.78, 5) is 3.71. The zero-order valence-corrected chi connectivity index (χ0v) is 13.5. The molecule has 1 atom stereocenters. The maximum Gasteiger partial charge on any atom is 0.417 e. The summed E-state index contributed by atoms with van der Waals surface area (Å²) in [6.07, 6.45) is -4.25. The molecule has 3 N–H and O–H groups in total. The molecule has 0 fully saturated rings. The van der Waals surface area contributed by atoms with Crippen molar-refractivity contribution in [1.29, 1.82) is 0 Å². The summed E-state index contributed by atoms with van der Waals surface area (Å²) in [5, 5.41) is 15.7. The van der Waals surface area contributed by atoms with E-state index in [1.54, 1.807) is 12.1 Å². The summed E-state index contributed by atoms with van der Waals surface area (Å²) in [6.45, 7) is 1.50. The van der Waals surface area contributed by atoms with Gasteiger partial charge in [0.25, 0.3) is 0 Å². The summed E-state index contributed by atoms with van der Waals surface area (Å²) in [5.74, 6) is 1.05. The second-order valence-electron chi connectivity index (χ2n) is 5.34. The highest BCUT2D eigenvalue weighted by Gasteiger charge is 2.30. The fourth-order valence-electron chi connectivity index (χ4n) is 1.98. The number of hydrogen-bond donors (Lipinski definition) is 3. The molecular formula is C17H20F3N3O2. The van der Waals surface area contributed by atoms with Crippen LogP contribution in [-0.2, 0) is 6.18 Å². The van der Waals surface area contributed by atoms with E-state index in [0.29, 0.717) is 31.2 Å². The summed E-state index contributed by atoms with van der Waals surface area (Å²) >= 11 is 0. The van der Waals surface area contributed by atoms with Gasteiger partial charge in [0.2, 0.25) is 0 Å². The summed E-state index contributed by atoms with van der Waals surface area (Å²) in [6, 6.07) is 11.5. The number of ether oxygens (including phenoxy) is 1. The van der Waals surface area contributed by atoms with Crippen molar-refractivity contribution in [2.24, 2.45) is 0 Å². The van der Waals surface area contributed by atoms with E-state index in [4.69, 9.17) is 4.74 Å². The molecule has 2 rings (SSSR count). The van der Waals surface area contributed by atoms with Crippen molar-refractivity contribution in [1.82, 2.24) is 10.3 Å². The summed E-state index contributed by atoms with van der Waals surface area (Å²) in [5.41, 5.74) is -0.780. The van der Waals surface area contributed by atoms with Crippen molar-refractivity contribution in [3.63, 3.8) is 0 Å². The number of benzene rings is 1. The molecule has 0 aliphatic carbocycles. The number of alkyl halides is 3. The van der Waals surface area contributed by atoms with Crippen LogP contribution >= 0.6 is 0 Å². The third-order valence-corrected chi connectivity index (χ3v) is 3.26. The predicted octanol–water partition coefficient (Wildman–Crippen LogP) is 2.54. The first kappa shape index (κ1) is 19.0. The Balaban J connectivity index is 1.58. The molecule has 1 aromatic heterocycles. The van der Waals surface area contributed by atoms with Gasteiger partial charge in [-0.2, -0.15) is 13.2 Å². The molecule has 1 heterocycles. The minimum absolute atomic E-state index is 0.172. The molecule has 0 amide bonds. The van der Waals surface area contributed by atoms with Gasteiger partial charge in [-0.05, 0) is 24.3 Å². The number of aliphatic hydroxyl groups excluding tert-OH is 1. The lowest BCUT2D eigenvalue weighted by molar-refractivity contribution is -0.137. The Labute approximate surface area is 143 Å². The molecule has 0 aliphatic heterocycles. The lowest BCUT2D eigenvalue weighted by Crippen LogP contribution is -2.34. The lowest BCUT2D eigenvalue weighted by atomic mass is 10.3. The predicted molar refractivity (Wildman–Crippen MR) is 88.5 cm³/mol. The number of nitrogens with zero attached hydrogens (tertiary/aromatic N) is 1. The van der Waals surface area contributed by atoms with Gasteiger partial charge >= 0.3 is 6.18 Å². The van der Waals surface area contributed by atoms with Crippen LogP contribution in [0, 0.1) is 0 Å². The molecule has 25 heavy (non-hydrogen) atoms. The van der Waals surface area contributed by atoms with E-state index in [1.807, 2.05) is 18.2 Å². The molecular weight excluding hydrogens is 335 g/mol.